The number of fused-ring (bicyclic) bond motifs is 1. The molecule has 3 aromatic rings. The normalized spacial score (nSPS) is 17.7. The van der Waals surface area contributed by atoms with Crippen LogP contribution in [0.4, 0.5) is 10.2 Å². The fourth-order valence-electron chi connectivity index (χ4n) is 3.60. The van der Waals surface area contributed by atoms with Crippen LogP contribution < -0.4 is 14.8 Å². The van der Waals surface area contributed by atoms with E-state index in [-0.39, 0.29) is 6.10 Å². The SMILES string of the molecule is Fc1ccc(Cl)cc1-c1cc(-c2cncc(OC3CCOC3)c2)c2c(n1)NCCO2. The Morgan fingerprint density at radius 1 is 1.13 bits per heavy atom. The Morgan fingerprint density at radius 3 is 2.93 bits per heavy atom. The van der Waals surface area contributed by atoms with Crippen LogP contribution >= 0.6 is 11.6 Å². The number of nitrogens with one attached hydrogen (secondary N) is 1. The van der Waals surface area contributed by atoms with E-state index in [1.807, 2.05) is 6.07 Å². The van der Waals surface area contributed by atoms with Gasteiger partial charge in [-0.05, 0) is 30.3 Å². The van der Waals surface area contributed by atoms with E-state index in [2.05, 4.69) is 15.3 Å². The maximum Gasteiger partial charge on any atom is 0.170 e. The van der Waals surface area contributed by atoms with Gasteiger partial charge in [-0.15, -0.1) is 0 Å². The fraction of sp³-hybridized carbons (Fsp3) is 0.273. The predicted molar refractivity (Wildman–Crippen MR) is 112 cm³/mol. The second-order valence-corrected chi connectivity index (χ2v) is 7.58. The summed E-state index contributed by atoms with van der Waals surface area (Å²) >= 11 is 6.10. The summed E-state index contributed by atoms with van der Waals surface area (Å²) < 4.78 is 31.8. The van der Waals surface area contributed by atoms with Crippen LogP contribution in [0.25, 0.3) is 22.4 Å². The van der Waals surface area contributed by atoms with Crippen LogP contribution in [0.2, 0.25) is 5.02 Å². The van der Waals surface area contributed by atoms with Crippen LogP contribution in [0.5, 0.6) is 11.5 Å². The molecule has 1 atom stereocenters. The molecule has 8 heteroatoms. The summed E-state index contributed by atoms with van der Waals surface area (Å²) in [6.07, 6.45) is 4.26. The Balaban J connectivity index is 1.59. The summed E-state index contributed by atoms with van der Waals surface area (Å²) in [5.74, 6) is 1.41. The molecular formula is C22H19ClFN3O3. The monoisotopic (exact) mass is 427 g/mol. The van der Waals surface area contributed by atoms with Crippen molar-refractivity contribution in [1.29, 1.82) is 0 Å². The molecule has 0 radical (unpaired) electrons. The van der Waals surface area contributed by atoms with Gasteiger partial charge in [-0.25, -0.2) is 9.37 Å². The molecule has 0 spiro atoms. The molecule has 2 aliphatic rings. The molecule has 30 heavy (non-hydrogen) atoms. The molecule has 4 heterocycles. The second-order valence-electron chi connectivity index (χ2n) is 7.14. The quantitative estimate of drug-likeness (QED) is 0.657. The Morgan fingerprint density at radius 2 is 2.07 bits per heavy atom. The molecule has 0 bridgehead atoms. The van der Waals surface area contributed by atoms with E-state index in [4.69, 9.17) is 25.8 Å². The molecule has 154 valence electrons. The molecule has 1 fully saturated rings. The molecule has 0 saturated carbocycles. The van der Waals surface area contributed by atoms with Gasteiger partial charge in [0.05, 0.1) is 31.6 Å². The number of halogens is 2. The third-order valence-corrected chi connectivity index (χ3v) is 5.27. The number of aromatic nitrogens is 2. The van der Waals surface area contributed by atoms with Crippen molar-refractivity contribution in [1.82, 2.24) is 9.97 Å². The molecule has 0 aliphatic carbocycles. The van der Waals surface area contributed by atoms with Gasteiger partial charge in [0.1, 0.15) is 24.3 Å². The summed E-state index contributed by atoms with van der Waals surface area (Å²) in [5.41, 5.74) is 2.32. The van der Waals surface area contributed by atoms with Crippen LogP contribution in [-0.4, -0.2) is 42.4 Å². The Hall–Kier alpha value is -2.90. The van der Waals surface area contributed by atoms with Gasteiger partial charge in [0.2, 0.25) is 0 Å². The smallest absolute Gasteiger partial charge is 0.170 e. The highest BCUT2D eigenvalue weighted by molar-refractivity contribution is 6.30. The maximum absolute atomic E-state index is 14.5. The van der Waals surface area contributed by atoms with Crippen LogP contribution in [-0.2, 0) is 4.74 Å². The van der Waals surface area contributed by atoms with Gasteiger partial charge in [0.15, 0.2) is 11.6 Å². The molecule has 2 aromatic heterocycles. The highest BCUT2D eigenvalue weighted by Gasteiger charge is 2.22. The lowest BCUT2D eigenvalue weighted by atomic mass is 10.0. The van der Waals surface area contributed by atoms with Crippen molar-refractivity contribution in [3.05, 3.63) is 53.6 Å². The summed E-state index contributed by atoms with van der Waals surface area (Å²) in [6.45, 7) is 2.39. The molecule has 1 aromatic carbocycles. The topological polar surface area (TPSA) is 65.5 Å². The van der Waals surface area contributed by atoms with E-state index in [0.29, 0.717) is 60.0 Å². The van der Waals surface area contributed by atoms with Crippen LogP contribution in [0.1, 0.15) is 6.42 Å². The van der Waals surface area contributed by atoms with Crippen molar-refractivity contribution < 1.29 is 18.6 Å². The fourth-order valence-corrected chi connectivity index (χ4v) is 3.77. The highest BCUT2D eigenvalue weighted by atomic mass is 35.5. The van der Waals surface area contributed by atoms with Crippen molar-refractivity contribution in [3.8, 4) is 33.9 Å². The number of ether oxygens (including phenoxy) is 3. The summed E-state index contributed by atoms with van der Waals surface area (Å²) in [4.78, 5) is 8.90. The number of pyridine rings is 2. The largest absolute Gasteiger partial charge is 0.487 e. The standard InChI is InChI=1S/C22H19ClFN3O3/c23-14-1-2-19(24)18(8-14)20-9-17(21-22(27-20)26-4-6-29-21)13-7-16(11-25-10-13)30-15-3-5-28-12-15/h1-2,7-11,15H,3-6,12H2,(H,26,27). The summed E-state index contributed by atoms with van der Waals surface area (Å²) in [5, 5.41) is 3.67. The number of hydrogen-bond acceptors (Lipinski definition) is 6. The molecule has 1 unspecified atom stereocenters. The van der Waals surface area contributed by atoms with Gasteiger partial charge in [-0.3, -0.25) is 4.98 Å². The average molecular weight is 428 g/mol. The highest BCUT2D eigenvalue weighted by Crippen LogP contribution is 2.41. The van der Waals surface area contributed by atoms with E-state index in [9.17, 15) is 4.39 Å². The van der Waals surface area contributed by atoms with E-state index < -0.39 is 5.82 Å². The van der Waals surface area contributed by atoms with Crippen molar-refractivity contribution >= 4 is 17.4 Å². The van der Waals surface area contributed by atoms with Crippen LogP contribution in [0.15, 0.2) is 42.7 Å². The van der Waals surface area contributed by atoms with E-state index in [0.717, 1.165) is 17.5 Å². The van der Waals surface area contributed by atoms with Crippen LogP contribution in [0, 0.1) is 5.82 Å². The number of nitrogens with zero attached hydrogens (tertiary/aromatic N) is 2. The van der Waals surface area contributed by atoms with Gasteiger partial charge >= 0.3 is 0 Å². The molecule has 1 saturated heterocycles. The van der Waals surface area contributed by atoms with Crippen molar-refractivity contribution in [2.75, 3.05) is 31.7 Å². The summed E-state index contributed by atoms with van der Waals surface area (Å²) in [7, 11) is 0. The third-order valence-electron chi connectivity index (χ3n) is 5.03. The van der Waals surface area contributed by atoms with Crippen molar-refractivity contribution in [3.63, 3.8) is 0 Å². The first-order valence-electron chi connectivity index (χ1n) is 9.74. The zero-order valence-electron chi connectivity index (χ0n) is 16.0. The Labute approximate surface area is 178 Å². The van der Waals surface area contributed by atoms with Crippen LogP contribution in [0.3, 0.4) is 0 Å². The molecule has 1 N–H and O–H groups in total. The van der Waals surface area contributed by atoms with Crippen molar-refractivity contribution in [2.45, 2.75) is 12.5 Å². The lowest BCUT2D eigenvalue weighted by Gasteiger charge is -2.22. The van der Waals surface area contributed by atoms with Gasteiger partial charge in [-0.2, -0.15) is 0 Å². The first kappa shape index (κ1) is 19.1. The lowest BCUT2D eigenvalue weighted by molar-refractivity contribution is 0.141. The second kappa shape index (κ2) is 8.08. The minimum Gasteiger partial charge on any atom is -0.487 e. The third kappa shape index (κ3) is 3.78. The molecule has 2 aliphatic heterocycles. The zero-order chi connectivity index (χ0) is 20.5. The minimum atomic E-state index is -0.397. The molecular weight excluding hydrogens is 409 g/mol. The minimum absolute atomic E-state index is 0.0161. The summed E-state index contributed by atoms with van der Waals surface area (Å²) in [6, 6.07) is 8.11. The van der Waals surface area contributed by atoms with Gasteiger partial charge in [0.25, 0.3) is 0 Å². The molecule has 6 nitrogen and oxygen atoms in total. The maximum atomic E-state index is 14.5. The molecule has 5 rings (SSSR count). The van der Waals surface area contributed by atoms with Gasteiger partial charge < -0.3 is 19.5 Å². The van der Waals surface area contributed by atoms with E-state index in [1.165, 1.54) is 12.1 Å². The van der Waals surface area contributed by atoms with E-state index in [1.54, 1.807) is 24.5 Å². The number of rotatable bonds is 4. The number of benzene rings is 1. The first-order valence-corrected chi connectivity index (χ1v) is 10.1. The number of anilines is 1. The van der Waals surface area contributed by atoms with Crippen molar-refractivity contribution in [2.24, 2.45) is 0 Å². The number of hydrogen-bond donors (Lipinski definition) is 1. The predicted octanol–water partition coefficient (Wildman–Crippen LogP) is 4.58. The first-order chi connectivity index (χ1) is 14.7. The lowest BCUT2D eigenvalue weighted by Crippen LogP contribution is -2.20. The Kier molecular flexibility index (Phi) is 5.14. The van der Waals surface area contributed by atoms with Gasteiger partial charge in [0, 0.05) is 34.3 Å². The average Bonchev–Trinajstić information content (AvgIpc) is 3.28. The molecule has 0 amide bonds. The van der Waals surface area contributed by atoms with E-state index >= 15 is 0 Å². The Bertz CT molecular complexity index is 1090. The van der Waals surface area contributed by atoms with Gasteiger partial charge in [-0.1, -0.05) is 11.6 Å². The zero-order valence-corrected chi connectivity index (χ0v) is 16.8.